The molecule has 0 atom stereocenters. The average Bonchev–Trinajstić information content (AvgIpc) is 2.87. The average molecular weight is 316 g/mol. The van der Waals surface area contributed by atoms with E-state index < -0.39 is 0 Å². The molecule has 2 aromatic carbocycles. The van der Waals surface area contributed by atoms with Gasteiger partial charge < -0.3 is 9.73 Å². The molecule has 0 saturated heterocycles. The monoisotopic (exact) mass is 315 g/mol. The smallest absolute Gasteiger partial charge is 0.134 e. The molecule has 0 saturated carbocycles. The molecule has 19 heavy (non-hydrogen) atoms. The van der Waals surface area contributed by atoms with Crippen molar-refractivity contribution < 1.29 is 4.42 Å². The van der Waals surface area contributed by atoms with Crippen LogP contribution in [0.25, 0.3) is 22.1 Å². The van der Waals surface area contributed by atoms with Crippen molar-refractivity contribution >= 4 is 26.7 Å². The van der Waals surface area contributed by atoms with Crippen LogP contribution in [0.2, 0.25) is 0 Å². The van der Waals surface area contributed by atoms with E-state index in [-0.39, 0.29) is 0 Å². The number of rotatable bonds is 3. The van der Waals surface area contributed by atoms with E-state index in [0.29, 0.717) is 0 Å². The van der Waals surface area contributed by atoms with E-state index in [1.54, 1.807) is 0 Å². The first-order chi connectivity index (χ1) is 9.26. The number of hydrogen-bond donors (Lipinski definition) is 1. The van der Waals surface area contributed by atoms with Gasteiger partial charge in [-0.2, -0.15) is 0 Å². The minimum absolute atomic E-state index is 0.751. The molecule has 0 fully saturated rings. The van der Waals surface area contributed by atoms with Gasteiger partial charge in [-0.15, -0.1) is 0 Å². The van der Waals surface area contributed by atoms with Crippen molar-refractivity contribution in [3.63, 3.8) is 0 Å². The maximum atomic E-state index is 5.81. The lowest BCUT2D eigenvalue weighted by molar-refractivity contribution is 0.507. The van der Waals surface area contributed by atoms with Crippen LogP contribution < -0.4 is 5.32 Å². The van der Waals surface area contributed by atoms with Gasteiger partial charge in [0.1, 0.15) is 11.5 Å². The minimum atomic E-state index is 0.751. The topological polar surface area (TPSA) is 25.2 Å². The molecule has 2 nitrogen and oxygen atoms in total. The van der Waals surface area contributed by atoms with Crippen LogP contribution >= 0.6 is 15.9 Å². The van der Waals surface area contributed by atoms with Gasteiger partial charge in [0.15, 0.2) is 0 Å². The van der Waals surface area contributed by atoms with Crippen LogP contribution in [0.1, 0.15) is 5.76 Å². The van der Waals surface area contributed by atoms with Gasteiger partial charge >= 0.3 is 0 Å². The Morgan fingerprint density at radius 3 is 2.63 bits per heavy atom. The fraction of sp³-hybridized carbons (Fsp3) is 0.125. The number of furan rings is 1. The molecule has 96 valence electrons. The number of halogens is 1. The summed E-state index contributed by atoms with van der Waals surface area (Å²) in [7, 11) is 1.91. The van der Waals surface area contributed by atoms with Crippen LogP contribution in [-0.4, -0.2) is 7.05 Å². The maximum Gasteiger partial charge on any atom is 0.134 e. The highest BCUT2D eigenvalue weighted by atomic mass is 79.9. The molecule has 3 heteroatoms. The second kappa shape index (κ2) is 5.19. The van der Waals surface area contributed by atoms with E-state index in [2.05, 4.69) is 57.6 Å². The van der Waals surface area contributed by atoms with Crippen molar-refractivity contribution in [1.29, 1.82) is 0 Å². The molecule has 0 unspecified atom stereocenters. The number of nitrogens with one attached hydrogen (secondary N) is 1. The normalized spacial score (nSPS) is 11.1. The summed E-state index contributed by atoms with van der Waals surface area (Å²) in [6, 6.07) is 16.7. The van der Waals surface area contributed by atoms with E-state index in [1.165, 1.54) is 10.8 Å². The summed E-state index contributed by atoms with van der Waals surface area (Å²) >= 11 is 3.49. The number of hydrogen-bond acceptors (Lipinski definition) is 2. The van der Waals surface area contributed by atoms with Crippen LogP contribution in [0.3, 0.4) is 0 Å². The largest absolute Gasteiger partial charge is 0.460 e. The van der Waals surface area contributed by atoms with Crippen molar-refractivity contribution in [2.45, 2.75) is 6.54 Å². The summed E-state index contributed by atoms with van der Waals surface area (Å²) in [5.41, 5.74) is 1.11. The van der Waals surface area contributed by atoms with Crippen molar-refractivity contribution in [3.8, 4) is 11.3 Å². The maximum absolute atomic E-state index is 5.81. The third kappa shape index (κ3) is 2.57. The zero-order valence-electron chi connectivity index (χ0n) is 10.6. The highest BCUT2D eigenvalue weighted by Crippen LogP contribution is 2.27. The van der Waals surface area contributed by atoms with Gasteiger partial charge in [0, 0.05) is 10.0 Å². The molecule has 1 N–H and O–H groups in total. The zero-order valence-corrected chi connectivity index (χ0v) is 12.2. The molecular formula is C16H14BrNO. The first kappa shape index (κ1) is 12.5. The number of benzene rings is 2. The molecule has 0 spiro atoms. The van der Waals surface area contributed by atoms with Crippen LogP contribution in [0, 0.1) is 0 Å². The second-order valence-electron chi connectivity index (χ2n) is 4.50. The van der Waals surface area contributed by atoms with Gasteiger partial charge in [0.2, 0.25) is 0 Å². The standard InChI is InChI=1S/C16H14BrNO/c1-18-10-15-6-7-16(19-15)13-3-2-12-9-14(17)5-4-11(12)8-13/h2-9,18H,10H2,1H3. The van der Waals surface area contributed by atoms with Gasteiger partial charge in [-0.05, 0) is 48.2 Å². The Bertz CT molecular complexity index is 718. The van der Waals surface area contributed by atoms with Gasteiger partial charge in [-0.1, -0.05) is 34.1 Å². The van der Waals surface area contributed by atoms with Gasteiger partial charge in [0.05, 0.1) is 6.54 Å². The molecule has 1 heterocycles. The zero-order chi connectivity index (χ0) is 13.2. The molecule has 1 aromatic heterocycles. The molecule has 0 amide bonds. The third-order valence-electron chi connectivity index (χ3n) is 3.10. The van der Waals surface area contributed by atoms with E-state index in [0.717, 1.165) is 28.1 Å². The number of fused-ring (bicyclic) bond motifs is 1. The molecule has 3 aromatic rings. The summed E-state index contributed by atoms with van der Waals surface area (Å²) in [5, 5.41) is 5.52. The van der Waals surface area contributed by atoms with Crippen molar-refractivity contribution in [3.05, 3.63) is 58.8 Å². The Kier molecular flexibility index (Phi) is 3.40. The first-order valence-electron chi connectivity index (χ1n) is 6.19. The lowest BCUT2D eigenvalue weighted by Crippen LogP contribution is -2.03. The molecule has 0 aliphatic carbocycles. The fourth-order valence-electron chi connectivity index (χ4n) is 2.17. The molecule has 0 radical (unpaired) electrons. The summed E-state index contributed by atoms with van der Waals surface area (Å²) in [5.74, 6) is 1.86. The molecule has 0 aliphatic heterocycles. The lowest BCUT2D eigenvalue weighted by Gasteiger charge is -2.02. The summed E-state index contributed by atoms with van der Waals surface area (Å²) < 4.78 is 6.91. The highest BCUT2D eigenvalue weighted by Gasteiger charge is 2.05. The Morgan fingerprint density at radius 1 is 1.00 bits per heavy atom. The first-order valence-corrected chi connectivity index (χ1v) is 6.98. The van der Waals surface area contributed by atoms with Gasteiger partial charge in [-0.3, -0.25) is 0 Å². The van der Waals surface area contributed by atoms with E-state index in [9.17, 15) is 0 Å². The van der Waals surface area contributed by atoms with E-state index in [1.807, 2.05) is 19.2 Å². The molecule has 3 rings (SSSR count). The summed E-state index contributed by atoms with van der Waals surface area (Å²) in [6.45, 7) is 0.751. The predicted octanol–water partition coefficient (Wildman–Crippen LogP) is 4.58. The van der Waals surface area contributed by atoms with Gasteiger partial charge in [0.25, 0.3) is 0 Å². The van der Waals surface area contributed by atoms with E-state index in [4.69, 9.17) is 4.42 Å². The SMILES string of the molecule is CNCc1ccc(-c2ccc3cc(Br)ccc3c2)o1. The van der Waals surface area contributed by atoms with Crippen molar-refractivity contribution in [2.75, 3.05) is 7.05 Å². The Balaban J connectivity index is 2.02. The van der Waals surface area contributed by atoms with Crippen LogP contribution in [-0.2, 0) is 6.54 Å². The van der Waals surface area contributed by atoms with Gasteiger partial charge in [-0.25, -0.2) is 0 Å². The molecule has 0 bridgehead atoms. The Labute approximate surface area is 120 Å². The van der Waals surface area contributed by atoms with Crippen LogP contribution in [0.5, 0.6) is 0 Å². The van der Waals surface area contributed by atoms with Crippen molar-refractivity contribution in [1.82, 2.24) is 5.32 Å². The molecule has 0 aliphatic rings. The van der Waals surface area contributed by atoms with Crippen molar-refractivity contribution in [2.24, 2.45) is 0 Å². The minimum Gasteiger partial charge on any atom is -0.460 e. The van der Waals surface area contributed by atoms with E-state index >= 15 is 0 Å². The Hall–Kier alpha value is -1.58. The lowest BCUT2D eigenvalue weighted by atomic mass is 10.1. The van der Waals surface area contributed by atoms with Crippen LogP contribution in [0.4, 0.5) is 0 Å². The third-order valence-corrected chi connectivity index (χ3v) is 3.59. The summed E-state index contributed by atoms with van der Waals surface area (Å²) in [6.07, 6.45) is 0. The Morgan fingerprint density at radius 2 is 1.79 bits per heavy atom. The highest BCUT2D eigenvalue weighted by molar-refractivity contribution is 9.10. The fourth-order valence-corrected chi connectivity index (χ4v) is 2.55. The predicted molar refractivity (Wildman–Crippen MR) is 82.1 cm³/mol. The molecular weight excluding hydrogens is 302 g/mol. The van der Waals surface area contributed by atoms with Crippen LogP contribution in [0.15, 0.2) is 57.4 Å². The second-order valence-corrected chi connectivity index (χ2v) is 5.42. The summed E-state index contributed by atoms with van der Waals surface area (Å²) in [4.78, 5) is 0. The quantitative estimate of drug-likeness (QED) is 0.765.